The average molecular weight is 562 g/mol. The number of anilines is 2. The molecule has 196 valence electrons. The minimum absolute atomic E-state index is 0.0937. The lowest BCUT2D eigenvalue weighted by atomic mass is 10.1. The number of hydrogen-bond donors (Lipinski definition) is 2. The molecule has 0 saturated carbocycles. The van der Waals surface area contributed by atoms with Crippen molar-refractivity contribution in [2.75, 3.05) is 28.6 Å². The Labute approximate surface area is 224 Å². The molecule has 3 aromatic heterocycles. The summed E-state index contributed by atoms with van der Waals surface area (Å²) in [5, 5.41) is 8.17. The number of hydrogen-bond acceptors (Lipinski definition) is 10. The largest absolute Gasteiger partial charge is 0.354 e. The van der Waals surface area contributed by atoms with Gasteiger partial charge in [0.1, 0.15) is 15.7 Å². The van der Waals surface area contributed by atoms with Crippen LogP contribution < -0.4 is 10.0 Å². The molecule has 0 aliphatic carbocycles. The first-order chi connectivity index (χ1) is 17.6. The minimum Gasteiger partial charge on any atom is -0.354 e. The number of thiazole rings is 1. The number of nitrogens with zero attached hydrogens (tertiary/aromatic N) is 5. The van der Waals surface area contributed by atoms with Crippen LogP contribution in [0.5, 0.6) is 0 Å². The Morgan fingerprint density at radius 3 is 2.73 bits per heavy atom. The van der Waals surface area contributed by atoms with Crippen molar-refractivity contribution in [3.8, 4) is 21.8 Å². The van der Waals surface area contributed by atoms with Gasteiger partial charge in [-0.25, -0.2) is 27.8 Å². The molecule has 2 N–H and O–H groups in total. The fraction of sp³-hybridized carbons (Fsp3) is 0.333. The molecule has 0 saturated heterocycles. The van der Waals surface area contributed by atoms with Crippen molar-refractivity contribution >= 4 is 44.8 Å². The second-order valence-corrected chi connectivity index (χ2v) is 13.0. The number of aryl methyl sites for hydroxylation is 1. The Hall–Kier alpha value is -3.03. The van der Waals surface area contributed by atoms with E-state index in [9.17, 15) is 12.8 Å². The summed E-state index contributed by atoms with van der Waals surface area (Å²) in [6.45, 7) is 4.58. The maximum absolute atomic E-state index is 14.6. The highest BCUT2D eigenvalue weighted by Crippen LogP contribution is 2.39. The Morgan fingerprint density at radius 1 is 1.22 bits per heavy atom. The summed E-state index contributed by atoms with van der Waals surface area (Å²) < 4.78 is 42.1. The summed E-state index contributed by atoms with van der Waals surface area (Å²) in [6.07, 6.45) is 6.87. The fourth-order valence-corrected chi connectivity index (χ4v) is 5.79. The normalized spacial score (nSPS) is 11.7. The molecule has 0 atom stereocenters. The van der Waals surface area contributed by atoms with E-state index in [-0.39, 0.29) is 17.5 Å². The van der Waals surface area contributed by atoms with Gasteiger partial charge >= 0.3 is 0 Å². The average Bonchev–Trinajstić information content (AvgIpc) is 3.48. The molecule has 0 aliphatic heterocycles. The van der Waals surface area contributed by atoms with Gasteiger partial charge in [0.25, 0.3) is 0 Å². The van der Waals surface area contributed by atoms with Crippen LogP contribution in [0.1, 0.15) is 31.2 Å². The topological polar surface area (TPSA) is 115 Å². The van der Waals surface area contributed by atoms with E-state index >= 15 is 0 Å². The van der Waals surface area contributed by atoms with Crippen LogP contribution in [0, 0.1) is 5.82 Å². The molecule has 0 spiro atoms. The zero-order valence-electron chi connectivity index (χ0n) is 20.9. The first kappa shape index (κ1) is 27.0. The summed E-state index contributed by atoms with van der Waals surface area (Å²) >= 11 is 2.82. The van der Waals surface area contributed by atoms with Gasteiger partial charge in [-0.05, 0) is 42.6 Å². The number of aromatic nitrogens is 5. The van der Waals surface area contributed by atoms with Crippen LogP contribution in [0.3, 0.4) is 0 Å². The summed E-state index contributed by atoms with van der Waals surface area (Å²) in [5.41, 5.74) is 2.50. The fourth-order valence-electron chi connectivity index (χ4n) is 3.37. The summed E-state index contributed by atoms with van der Waals surface area (Å²) in [4.78, 5) is 15.5. The Bertz CT molecular complexity index is 1490. The smallest absolute Gasteiger partial charge is 0.223 e. The quantitative estimate of drug-likeness (QED) is 0.188. The molecule has 0 unspecified atom stereocenters. The summed E-state index contributed by atoms with van der Waals surface area (Å²) in [5.74, 6) is 0.331. The molecular weight excluding hydrogens is 534 g/mol. The molecule has 4 rings (SSSR count). The Balaban J connectivity index is 1.61. The zero-order chi connectivity index (χ0) is 26.6. The molecule has 0 aliphatic rings. The molecule has 0 fully saturated rings. The maximum Gasteiger partial charge on any atom is 0.223 e. The summed E-state index contributed by atoms with van der Waals surface area (Å²) in [6, 6.07) is 6.69. The van der Waals surface area contributed by atoms with Gasteiger partial charge in [-0.1, -0.05) is 13.8 Å². The van der Waals surface area contributed by atoms with Crippen LogP contribution in [0.2, 0.25) is 0 Å². The lowest BCUT2D eigenvalue weighted by Crippen LogP contribution is -2.11. The molecular formula is C24H28FN7O2S3. The lowest BCUT2D eigenvalue weighted by Gasteiger charge is -2.09. The third-order valence-corrected chi connectivity index (χ3v) is 8.38. The van der Waals surface area contributed by atoms with Gasteiger partial charge in [0.2, 0.25) is 5.95 Å². The van der Waals surface area contributed by atoms with E-state index in [1.54, 1.807) is 40.5 Å². The van der Waals surface area contributed by atoms with Gasteiger partial charge in [-0.3, -0.25) is 4.68 Å². The van der Waals surface area contributed by atoms with E-state index < -0.39 is 9.84 Å². The minimum atomic E-state index is -3.02. The lowest BCUT2D eigenvalue weighted by molar-refractivity contribution is 0.600. The van der Waals surface area contributed by atoms with Crippen LogP contribution in [0.4, 0.5) is 16.0 Å². The van der Waals surface area contributed by atoms with E-state index in [0.717, 1.165) is 20.3 Å². The van der Waals surface area contributed by atoms with Crippen molar-refractivity contribution < 1.29 is 12.8 Å². The Kier molecular flexibility index (Phi) is 8.45. The van der Waals surface area contributed by atoms with Gasteiger partial charge in [-0.15, -0.1) is 11.3 Å². The van der Waals surface area contributed by atoms with Crippen molar-refractivity contribution in [1.29, 1.82) is 0 Å². The highest BCUT2D eigenvalue weighted by molar-refractivity contribution is 8.00. The van der Waals surface area contributed by atoms with Crippen LogP contribution in [0.15, 0.2) is 47.8 Å². The maximum atomic E-state index is 14.6. The first-order valence-electron chi connectivity index (χ1n) is 11.6. The number of sulfone groups is 1. The molecule has 4 aromatic rings. The van der Waals surface area contributed by atoms with Gasteiger partial charge in [0, 0.05) is 43.7 Å². The molecule has 37 heavy (non-hydrogen) atoms. The molecule has 3 heterocycles. The molecule has 13 heteroatoms. The van der Waals surface area contributed by atoms with E-state index in [1.807, 2.05) is 19.3 Å². The Morgan fingerprint density at radius 2 is 2.03 bits per heavy atom. The number of nitrogens with one attached hydrogen (secondary N) is 2. The van der Waals surface area contributed by atoms with Gasteiger partial charge in [0.05, 0.1) is 43.8 Å². The third kappa shape index (κ3) is 7.27. The number of halogens is 1. The monoisotopic (exact) mass is 561 g/mol. The van der Waals surface area contributed by atoms with E-state index in [0.29, 0.717) is 36.0 Å². The van der Waals surface area contributed by atoms with Crippen LogP contribution in [0.25, 0.3) is 21.8 Å². The number of benzene rings is 1. The predicted molar refractivity (Wildman–Crippen MR) is 148 cm³/mol. The predicted octanol–water partition coefficient (Wildman–Crippen LogP) is 5.23. The zero-order valence-corrected chi connectivity index (χ0v) is 23.3. The highest BCUT2D eigenvalue weighted by Gasteiger charge is 2.19. The van der Waals surface area contributed by atoms with Crippen molar-refractivity contribution in [2.24, 2.45) is 7.05 Å². The SMILES string of the molecule is CC(C)c1nc(-c2ccc(F)c(NSc3cnn(C)c3)c2)c(-c2ccnc(NCCCS(C)(=O)=O)n2)s1. The van der Waals surface area contributed by atoms with Crippen molar-refractivity contribution in [1.82, 2.24) is 24.7 Å². The van der Waals surface area contributed by atoms with Crippen molar-refractivity contribution in [3.63, 3.8) is 0 Å². The molecule has 0 bridgehead atoms. The number of rotatable bonds is 11. The van der Waals surface area contributed by atoms with Gasteiger partial charge in [-0.2, -0.15) is 5.10 Å². The van der Waals surface area contributed by atoms with E-state index in [1.165, 1.54) is 24.3 Å². The second-order valence-electron chi connectivity index (χ2n) is 8.81. The van der Waals surface area contributed by atoms with Gasteiger partial charge in [0.15, 0.2) is 0 Å². The van der Waals surface area contributed by atoms with Crippen molar-refractivity contribution in [3.05, 3.63) is 53.7 Å². The van der Waals surface area contributed by atoms with Gasteiger partial charge < -0.3 is 10.0 Å². The van der Waals surface area contributed by atoms with Crippen LogP contribution in [-0.2, 0) is 16.9 Å². The molecule has 0 amide bonds. The summed E-state index contributed by atoms with van der Waals surface area (Å²) in [7, 11) is -1.20. The molecule has 9 nitrogen and oxygen atoms in total. The third-order valence-electron chi connectivity index (χ3n) is 5.20. The van der Waals surface area contributed by atoms with E-state index in [4.69, 9.17) is 4.98 Å². The first-order valence-corrected chi connectivity index (χ1v) is 15.3. The molecule has 0 radical (unpaired) electrons. The second kappa shape index (κ2) is 11.6. The standard InChI is InChI=1S/C24H28FN7O2S3/c1-15(2)23-30-21(16-6-7-18(25)20(12-16)31-36-17-13-28-32(3)14-17)22(35-23)19-8-10-27-24(29-19)26-9-5-11-37(4,33)34/h6-8,10,12-15,31H,5,9,11H2,1-4H3,(H,26,27,29). The van der Waals surface area contributed by atoms with Crippen molar-refractivity contribution in [2.45, 2.75) is 31.1 Å². The van der Waals surface area contributed by atoms with Crippen LogP contribution in [-0.4, -0.2) is 51.7 Å². The van der Waals surface area contributed by atoms with E-state index in [2.05, 4.69) is 39.0 Å². The highest BCUT2D eigenvalue weighted by atomic mass is 32.2. The molecule has 1 aromatic carbocycles. The van der Waals surface area contributed by atoms with Crippen LogP contribution >= 0.6 is 23.3 Å².